The van der Waals surface area contributed by atoms with Gasteiger partial charge in [0.2, 0.25) is 0 Å². The number of nitrogens with two attached hydrogens (primary N) is 1. The first-order chi connectivity index (χ1) is 9.61. The van der Waals surface area contributed by atoms with Crippen molar-refractivity contribution in [3.8, 4) is 0 Å². The van der Waals surface area contributed by atoms with E-state index in [2.05, 4.69) is 22.9 Å². The van der Waals surface area contributed by atoms with Crippen LogP contribution in [0.2, 0.25) is 0 Å². The van der Waals surface area contributed by atoms with Gasteiger partial charge in [-0.05, 0) is 55.8 Å². The summed E-state index contributed by atoms with van der Waals surface area (Å²) in [6.45, 7) is 5.51. The lowest BCUT2D eigenvalue weighted by molar-refractivity contribution is 0.0995. The highest BCUT2D eigenvalue weighted by Gasteiger charge is 2.26. The van der Waals surface area contributed by atoms with Crippen LogP contribution in [0.15, 0.2) is 12.1 Å². The number of rotatable bonds is 4. The summed E-state index contributed by atoms with van der Waals surface area (Å²) in [5.74, 6) is 0.901. The lowest BCUT2D eigenvalue weighted by atomic mass is 9.99. The van der Waals surface area contributed by atoms with Gasteiger partial charge in [-0.3, -0.25) is 9.69 Å². The van der Waals surface area contributed by atoms with Gasteiger partial charge >= 0.3 is 0 Å². The molecule has 2 aliphatic rings. The number of carbonyl (C=O) groups is 1. The van der Waals surface area contributed by atoms with Crippen LogP contribution < -0.4 is 5.73 Å². The molecule has 1 saturated carbocycles. The van der Waals surface area contributed by atoms with E-state index in [1.54, 1.807) is 0 Å². The molecule has 0 aromatic carbocycles. The molecule has 0 spiro atoms. The van der Waals surface area contributed by atoms with Crippen molar-refractivity contribution in [3.63, 3.8) is 0 Å². The van der Waals surface area contributed by atoms with E-state index in [1.807, 2.05) is 6.07 Å². The van der Waals surface area contributed by atoms with Crippen LogP contribution in [0.5, 0.6) is 0 Å². The van der Waals surface area contributed by atoms with Gasteiger partial charge in [0, 0.05) is 24.7 Å². The van der Waals surface area contributed by atoms with Gasteiger partial charge in [-0.25, -0.2) is 4.98 Å². The van der Waals surface area contributed by atoms with Gasteiger partial charge in [0.1, 0.15) is 5.69 Å². The lowest BCUT2D eigenvalue weighted by Gasteiger charge is -2.30. The number of carbonyl (C=O) groups excluding carboxylic acids is 1. The predicted molar refractivity (Wildman–Crippen MR) is 78.4 cm³/mol. The average molecular weight is 273 g/mol. The first kappa shape index (κ1) is 13.6. The fraction of sp³-hybridized carbons (Fsp3) is 0.625. The summed E-state index contributed by atoms with van der Waals surface area (Å²) >= 11 is 0. The Bertz CT molecular complexity index is 510. The Morgan fingerprint density at radius 1 is 1.40 bits per heavy atom. The largest absolute Gasteiger partial charge is 0.364 e. The van der Waals surface area contributed by atoms with E-state index in [4.69, 9.17) is 5.73 Å². The number of amides is 1. The maximum atomic E-state index is 11.4. The third-order valence-electron chi connectivity index (χ3n) is 4.30. The number of pyridine rings is 1. The van der Waals surface area contributed by atoms with Crippen molar-refractivity contribution in [2.45, 2.75) is 45.1 Å². The smallest absolute Gasteiger partial charge is 0.267 e. The summed E-state index contributed by atoms with van der Waals surface area (Å²) in [5, 5.41) is 0. The minimum absolute atomic E-state index is 0.416. The number of piperidine rings is 1. The van der Waals surface area contributed by atoms with E-state index >= 15 is 0 Å². The van der Waals surface area contributed by atoms with Crippen LogP contribution in [0, 0.1) is 5.92 Å². The molecule has 1 amide bonds. The molecule has 0 unspecified atom stereocenters. The van der Waals surface area contributed by atoms with Crippen molar-refractivity contribution >= 4 is 5.91 Å². The van der Waals surface area contributed by atoms with Gasteiger partial charge in [0.15, 0.2) is 0 Å². The topological polar surface area (TPSA) is 59.2 Å². The first-order valence-corrected chi connectivity index (χ1v) is 7.65. The van der Waals surface area contributed by atoms with Crippen molar-refractivity contribution in [1.82, 2.24) is 9.88 Å². The van der Waals surface area contributed by atoms with Gasteiger partial charge in [-0.2, -0.15) is 0 Å². The molecule has 0 radical (unpaired) electrons. The van der Waals surface area contributed by atoms with Crippen LogP contribution in [0.3, 0.4) is 0 Å². The summed E-state index contributed by atoms with van der Waals surface area (Å²) < 4.78 is 0. The maximum Gasteiger partial charge on any atom is 0.267 e. The molecule has 1 aromatic rings. The molecule has 20 heavy (non-hydrogen) atoms. The standard InChI is InChI=1S/C16H23N3O/c1-11-3-2-6-19(9-11)10-12-7-14(13-4-5-13)18-15(8-12)16(17)20/h7-8,11,13H,2-6,9-10H2,1H3,(H2,17,20)/t11-/m0/s1. The van der Waals surface area contributed by atoms with Crippen molar-refractivity contribution in [2.24, 2.45) is 11.7 Å². The van der Waals surface area contributed by atoms with Crippen molar-refractivity contribution in [3.05, 3.63) is 29.1 Å². The number of nitrogens with zero attached hydrogens (tertiary/aromatic N) is 2. The van der Waals surface area contributed by atoms with Gasteiger partial charge in [0.25, 0.3) is 5.91 Å². The quantitative estimate of drug-likeness (QED) is 0.915. The average Bonchev–Trinajstić information content (AvgIpc) is 3.22. The van der Waals surface area contributed by atoms with Crippen LogP contribution in [0.1, 0.15) is 60.3 Å². The second kappa shape index (κ2) is 5.52. The lowest BCUT2D eigenvalue weighted by Crippen LogP contribution is -2.33. The molecule has 3 rings (SSSR count). The maximum absolute atomic E-state index is 11.4. The Labute approximate surface area is 120 Å². The van der Waals surface area contributed by atoms with E-state index in [1.165, 1.54) is 31.2 Å². The highest BCUT2D eigenvalue weighted by molar-refractivity contribution is 5.91. The number of aromatic nitrogens is 1. The monoisotopic (exact) mass is 273 g/mol. The summed E-state index contributed by atoms with van der Waals surface area (Å²) in [6, 6.07) is 4.04. The second-order valence-corrected chi connectivity index (χ2v) is 6.41. The van der Waals surface area contributed by atoms with Crippen molar-refractivity contribution in [1.29, 1.82) is 0 Å². The summed E-state index contributed by atoms with van der Waals surface area (Å²) in [5.41, 5.74) is 8.08. The summed E-state index contributed by atoms with van der Waals surface area (Å²) in [6.07, 6.45) is 4.97. The number of primary amides is 1. The third-order valence-corrected chi connectivity index (χ3v) is 4.30. The number of hydrogen-bond donors (Lipinski definition) is 1. The van der Waals surface area contributed by atoms with Crippen LogP contribution in [-0.2, 0) is 6.54 Å². The van der Waals surface area contributed by atoms with Crippen LogP contribution in [0.25, 0.3) is 0 Å². The van der Waals surface area contributed by atoms with Gasteiger partial charge in [-0.1, -0.05) is 6.92 Å². The summed E-state index contributed by atoms with van der Waals surface area (Å²) in [4.78, 5) is 18.3. The summed E-state index contributed by atoms with van der Waals surface area (Å²) in [7, 11) is 0. The van der Waals surface area contributed by atoms with Crippen molar-refractivity contribution < 1.29 is 4.79 Å². The molecular formula is C16H23N3O. The minimum Gasteiger partial charge on any atom is -0.364 e. The highest BCUT2D eigenvalue weighted by atomic mass is 16.1. The predicted octanol–water partition coefficient (Wildman–Crippen LogP) is 2.29. The number of likely N-dealkylation sites (tertiary alicyclic amines) is 1. The zero-order valence-electron chi connectivity index (χ0n) is 12.1. The van der Waals surface area contributed by atoms with Gasteiger partial charge in [0.05, 0.1) is 0 Å². The van der Waals surface area contributed by atoms with E-state index in [9.17, 15) is 4.79 Å². The Kier molecular flexibility index (Phi) is 3.74. The normalized spacial score (nSPS) is 23.8. The highest BCUT2D eigenvalue weighted by Crippen LogP contribution is 2.39. The molecule has 108 valence electrons. The molecule has 4 heteroatoms. The molecule has 2 N–H and O–H groups in total. The van der Waals surface area contributed by atoms with E-state index in [0.29, 0.717) is 11.6 Å². The van der Waals surface area contributed by atoms with Crippen LogP contribution >= 0.6 is 0 Å². The SMILES string of the molecule is C[C@H]1CCCN(Cc2cc(C(N)=O)nc(C3CC3)c2)C1. The zero-order valence-corrected chi connectivity index (χ0v) is 12.1. The molecule has 4 nitrogen and oxygen atoms in total. The Morgan fingerprint density at radius 3 is 2.85 bits per heavy atom. The first-order valence-electron chi connectivity index (χ1n) is 7.65. The van der Waals surface area contributed by atoms with Crippen LogP contribution in [-0.4, -0.2) is 28.9 Å². The molecule has 2 heterocycles. The fourth-order valence-electron chi connectivity index (χ4n) is 3.11. The Morgan fingerprint density at radius 2 is 2.20 bits per heavy atom. The second-order valence-electron chi connectivity index (χ2n) is 6.41. The molecular weight excluding hydrogens is 250 g/mol. The Hall–Kier alpha value is -1.42. The Balaban J connectivity index is 1.78. The van der Waals surface area contributed by atoms with E-state index in [-0.39, 0.29) is 0 Å². The van der Waals surface area contributed by atoms with Crippen LogP contribution in [0.4, 0.5) is 0 Å². The van der Waals surface area contributed by atoms with Crippen molar-refractivity contribution in [2.75, 3.05) is 13.1 Å². The molecule has 2 fully saturated rings. The molecule has 1 saturated heterocycles. The van der Waals surface area contributed by atoms with E-state index < -0.39 is 5.91 Å². The minimum atomic E-state index is -0.416. The van der Waals surface area contributed by atoms with Gasteiger partial charge < -0.3 is 5.73 Å². The molecule has 1 aromatic heterocycles. The number of hydrogen-bond acceptors (Lipinski definition) is 3. The van der Waals surface area contributed by atoms with Gasteiger partial charge in [-0.15, -0.1) is 0 Å². The third kappa shape index (κ3) is 3.18. The molecule has 1 aliphatic carbocycles. The fourth-order valence-corrected chi connectivity index (χ4v) is 3.11. The molecule has 1 aliphatic heterocycles. The zero-order chi connectivity index (χ0) is 14.1. The molecule has 1 atom stereocenters. The molecule has 0 bridgehead atoms. The van der Waals surface area contributed by atoms with E-state index in [0.717, 1.165) is 31.2 Å².